The smallest absolute Gasteiger partial charge is 0.0999 e. The van der Waals surface area contributed by atoms with Gasteiger partial charge >= 0.3 is 0 Å². The number of rotatable bonds is 3. The Morgan fingerprint density at radius 2 is 0.955 bits per heavy atom. The maximum atomic E-state index is 10.3. The molecule has 0 radical (unpaired) electrons. The van der Waals surface area contributed by atoms with Gasteiger partial charge in [-0.15, -0.1) is 0 Å². The molecule has 0 amide bonds. The molecule has 2 heterocycles. The molecule has 2 aromatic heterocycles. The second-order valence-corrected chi connectivity index (χ2v) is 11.3. The Morgan fingerprint density at radius 3 is 1.48 bits per heavy atom. The lowest BCUT2D eigenvalue weighted by molar-refractivity contribution is 1.09. The number of benzene rings is 7. The van der Waals surface area contributed by atoms with Gasteiger partial charge in [0.2, 0.25) is 0 Å². The number of hydrogen-bond donors (Lipinski definition) is 1. The molecule has 0 fully saturated rings. The normalized spacial score (nSPS) is 11.7. The standard InChI is InChI=1S/C40H24N4/c41-23-27-21-37(43-33-15-7-5-13-31(33)32-14-6-8-16-34(32)43)38(22-28(27)24-42)44-35-19-17-25-9-1-3-11-29(25)39(35)40-30-12-4-2-10-26(30)18-20-36(40)44/h1-23,41H. The van der Waals surface area contributed by atoms with Gasteiger partial charge in [0, 0.05) is 33.3 Å². The van der Waals surface area contributed by atoms with Gasteiger partial charge in [0.25, 0.3) is 0 Å². The average Bonchev–Trinajstić information content (AvgIpc) is 3.61. The van der Waals surface area contributed by atoms with Crippen molar-refractivity contribution in [2.75, 3.05) is 0 Å². The largest absolute Gasteiger partial charge is 0.308 e. The van der Waals surface area contributed by atoms with Gasteiger partial charge in [-0.3, -0.25) is 0 Å². The van der Waals surface area contributed by atoms with E-state index in [-0.39, 0.29) is 0 Å². The first-order valence-corrected chi connectivity index (χ1v) is 14.7. The molecule has 1 N–H and O–H groups in total. The van der Waals surface area contributed by atoms with Crippen molar-refractivity contribution >= 4 is 71.4 Å². The molecule has 0 atom stereocenters. The van der Waals surface area contributed by atoms with Crippen molar-refractivity contribution in [2.24, 2.45) is 0 Å². The monoisotopic (exact) mass is 560 g/mol. The van der Waals surface area contributed by atoms with E-state index >= 15 is 0 Å². The van der Waals surface area contributed by atoms with Crippen LogP contribution in [0.5, 0.6) is 0 Å². The van der Waals surface area contributed by atoms with Crippen LogP contribution >= 0.6 is 0 Å². The summed E-state index contributed by atoms with van der Waals surface area (Å²) >= 11 is 0. The molecule has 0 aliphatic heterocycles. The molecule has 0 saturated carbocycles. The highest BCUT2D eigenvalue weighted by Crippen LogP contribution is 2.43. The molecule has 0 saturated heterocycles. The summed E-state index contributed by atoms with van der Waals surface area (Å²) in [6, 6.07) is 49.1. The van der Waals surface area contributed by atoms with Crippen molar-refractivity contribution in [3.05, 3.63) is 145 Å². The van der Waals surface area contributed by atoms with Gasteiger partial charge < -0.3 is 14.5 Å². The van der Waals surface area contributed by atoms with E-state index in [1.807, 2.05) is 12.1 Å². The molecule has 7 aromatic carbocycles. The molecule has 204 valence electrons. The van der Waals surface area contributed by atoms with E-state index in [0.29, 0.717) is 11.1 Å². The Bertz CT molecular complexity index is 2550. The Labute approximate surface area is 252 Å². The van der Waals surface area contributed by atoms with Crippen LogP contribution in [0.2, 0.25) is 0 Å². The van der Waals surface area contributed by atoms with E-state index in [1.54, 1.807) is 0 Å². The van der Waals surface area contributed by atoms with Crippen molar-refractivity contribution in [2.45, 2.75) is 0 Å². The summed E-state index contributed by atoms with van der Waals surface area (Å²) in [7, 11) is 0. The number of nitriles is 1. The number of nitrogens with zero attached hydrogens (tertiary/aromatic N) is 3. The summed E-state index contributed by atoms with van der Waals surface area (Å²) in [6.07, 6.45) is 1.28. The van der Waals surface area contributed by atoms with E-state index in [0.717, 1.165) is 44.2 Å². The van der Waals surface area contributed by atoms with Gasteiger partial charge in [-0.25, -0.2) is 0 Å². The quantitative estimate of drug-likeness (QED) is 0.215. The molecular formula is C40H24N4. The van der Waals surface area contributed by atoms with Gasteiger partial charge in [-0.05, 0) is 57.9 Å². The van der Waals surface area contributed by atoms with Crippen LogP contribution in [-0.2, 0) is 0 Å². The van der Waals surface area contributed by atoms with Crippen molar-refractivity contribution < 1.29 is 0 Å². The lowest BCUT2D eigenvalue weighted by atomic mass is 10.00. The predicted molar refractivity (Wildman–Crippen MR) is 183 cm³/mol. The highest BCUT2D eigenvalue weighted by molar-refractivity contribution is 6.28. The minimum atomic E-state index is 0.469. The first kappa shape index (κ1) is 24.4. The number of hydrogen-bond acceptors (Lipinski definition) is 2. The summed E-state index contributed by atoms with van der Waals surface area (Å²) in [5.74, 6) is 0. The van der Waals surface area contributed by atoms with Gasteiger partial charge in [0.05, 0.1) is 45.1 Å². The lowest BCUT2D eigenvalue weighted by Gasteiger charge is -2.18. The molecule has 44 heavy (non-hydrogen) atoms. The Kier molecular flexibility index (Phi) is 5.08. The van der Waals surface area contributed by atoms with Crippen LogP contribution in [-0.4, -0.2) is 15.3 Å². The first-order chi connectivity index (χ1) is 21.8. The van der Waals surface area contributed by atoms with E-state index < -0.39 is 0 Å². The van der Waals surface area contributed by atoms with E-state index in [1.165, 1.54) is 38.5 Å². The molecular weight excluding hydrogens is 536 g/mol. The first-order valence-electron chi connectivity index (χ1n) is 14.7. The third-order valence-corrected chi connectivity index (χ3v) is 9.03. The van der Waals surface area contributed by atoms with Crippen molar-refractivity contribution in [1.29, 1.82) is 10.7 Å². The average molecular weight is 561 g/mol. The zero-order chi connectivity index (χ0) is 29.4. The highest BCUT2D eigenvalue weighted by Gasteiger charge is 2.22. The fourth-order valence-corrected chi connectivity index (χ4v) is 7.16. The summed E-state index contributed by atoms with van der Waals surface area (Å²) in [4.78, 5) is 0. The molecule has 4 heteroatoms. The summed E-state index contributed by atoms with van der Waals surface area (Å²) < 4.78 is 4.60. The Hall–Kier alpha value is -6.18. The van der Waals surface area contributed by atoms with Crippen LogP contribution in [0.1, 0.15) is 11.1 Å². The predicted octanol–water partition coefficient (Wildman–Crippen LogP) is 10.1. The third-order valence-electron chi connectivity index (χ3n) is 9.03. The van der Waals surface area contributed by atoms with Crippen LogP contribution < -0.4 is 0 Å². The molecule has 9 rings (SSSR count). The summed E-state index contributed by atoms with van der Waals surface area (Å²) in [5, 5.41) is 28.0. The highest BCUT2D eigenvalue weighted by atomic mass is 15.1. The van der Waals surface area contributed by atoms with Crippen LogP contribution in [0.3, 0.4) is 0 Å². The van der Waals surface area contributed by atoms with Gasteiger partial charge in [-0.1, -0.05) is 97.1 Å². The zero-order valence-corrected chi connectivity index (χ0v) is 23.6. The Balaban J connectivity index is 1.53. The number of fused-ring (bicyclic) bond motifs is 10. The molecule has 0 aliphatic carbocycles. The van der Waals surface area contributed by atoms with Crippen LogP contribution in [0, 0.1) is 16.7 Å². The lowest BCUT2D eigenvalue weighted by Crippen LogP contribution is -2.06. The maximum Gasteiger partial charge on any atom is 0.0999 e. The van der Waals surface area contributed by atoms with Crippen LogP contribution in [0.4, 0.5) is 0 Å². The molecule has 0 spiro atoms. The zero-order valence-electron chi connectivity index (χ0n) is 23.6. The van der Waals surface area contributed by atoms with Crippen LogP contribution in [0.15, 0.2) is 133 Å². The van der Waals surface area contributed by atoms with Crippen molar-refractivity contribution in [3.8, 4) is 17.4 Å². The third kappa shape index (κ3) is 3.24. The SMILES string of the molecule is N#Cc1cc(-n2c3ccc4ccccc4c3c3c4ccccc4ccc32)c(-n2c3ccccc3c3ccccc32)cc1C=N. The van der Waals surface area contributed by atoms with Gasteiger partial charge in [0.1, 0.15) is 0 Å². The number of para-hydroxylation sites is 2. The topological polar surface area (TPSA) is 57.5 Å². The van der Waals surface area contributed by atoms with Crippen molar-refractivity contribution in [1.82, 2.24) is 9.13 Å². The molecule has 0 aliphatic rings. The molecule has 0 bridgehead atoms. The van der Waals surface area contributed by atoms with E-state index in [4.69, 9.17) is 5.41 Å². The van der Waals surface area contributed by atoms with E-state index in [9.17, 15) is 5.26 Å². The summed E-state index contributed by atoms with van der Waals surface area (Å²) in [5.41, 5.74) is 7.16. The maximum absolute atomic E-state index is 10.3. The van der Waals surface area contributed by atoms with Gasteiger partial charge in [-0.2, -0.15) is 5.26 Å². The minimum absolute atomic E-state index is 0.469. The van der Waals surface area contributed by atoms with Crippen molar-refractivity contribution in [3.63, 3.8) is 0 Å². The molecule has 9 aromatic rings. The molecule has 0 unspecified atom stereocenters. The fraction of sp³-hybridized carbons (Fsp3) is 0. The summed E-state index contributed by atoms with van der Waals surface area (Å²) in [6.45, 7) is 0. The number of nitrogens with one attached hydrogen (secondary N) is 1. The second-order valence-electron chi connectivity index (χ2n) is 11.3. The number of aromatic nitrogens is 2. The van der Waals surface area contributed by atoms with Crippen LogP contribution in [0.25, 0.3) is 76.5 Å². The fourth-order valence-electron chi connectivity index (χ4n) is 7.16. The minimum Gasteiger partial charge on any atom is -0.308 e. The van der Waals surface area contributed by atoms with Gasteiger partial charge in [0.15, 0.2) is 0 Å². The second kappa shape index (κ2) is 9.16. The Morgan fingerprint density at radius 1 is 0.500 bits per heavy atom. The molecule has 4 nitrogen and oxygen atoms in total. The van der Waals surface area contributed by atoms with E-state index in [2.05, 4.69) is 137 Å².